The number of carbonyl (C=O) groups excluding carboxylic acids is 1. The van der Waals surface area contributed by atoms with Gasteiger partial charge in [0.15, 0.2) is 0 Å². The van der Waals surface area contributed by atoms with Crippen LogP contribution in [0.5, 0.6) is 5.75 Å². The van der Waals surface area contributed by atoms with Gasteiger partial charge in [-0.1, -0.05) is 48.5 Å². The molecule has 1 aliphatic rings. The highest BCUT2D eigenvalue weighted by atomic mass is 16.5. The summed E-state index contributed by atoms with van der Waals surface area (Å²) in [7, 11) is 1.64. The van der Waals surface area contributed by atoms with E-state index in [-0.39, 0.29) is 11.9 Å². The maximum absolute atomic E-state index is 12.0. The second-order valence-electron chi connectivity index (χ2n) is 5.24. The van der Waals surface area contributed by atoms with Crippen molar-refractivity contribution in [2.45, 2.75) is 19.4 Å². The Morgan fingerprint density at radius 1 is 1.14 bits per heavy atom. The highest BCUT2D eigenvalue weighted by molar-refractivity contribution is 6.03. The number of carbonyl (C=O) groups is 1. The van der Waals surface area contributed by atoms with E-state index in [2.05, 4.69) is 5.10 Å². The number of nitrogens with zero attached hydrogens (tertiary/aromatic N) is 2. The predicted molar refractivity (Wildman–Crippen MR) is 85.9 cm³/mol. The maximum atomic E-state index is 12.0. The summed E-state index contributed by atoms with van der Waals surface area (Å²) < 4.78 is 5.44. The Morgan fingerprint density at radius 2 is 1.82 bits per heavy atom. The molecule has 0 bridgehead atoms. The Bertz CT molecular complexity index is 710. The first-order valence-electron chi connectivity index (χ1n) is 7.26. The van der Waals surface area contributed by atoms with Gasteiger partial charge in [0, 0.05) is 18.9 Å². The minimum Gasteiger partial charge on any atom is -0.496 e. The van der Waals surface area contributed by atoms with Crippen molar-refractivity contribution in [1.29, 1.82) is 0 Å². The Balaban J connectivity index is 1.98. The molecule has 4 nitrogen and oxygen atoms in total. The zero-order valence-corrected chi connectivity index (χ0v) is 12.7. The summed E-state index contributed by atoms with van der Waals surface area (Å²) in [5, 5.41) is 6.09. The summed E-state index contributed by atoms with van der Waals surface area (Å²) in [5.41, 5.74) is 2.95. The van der Waals surface area contributed by atoms with Crippen LogP contribution in [0.15, 0.2) is 59.7 Å². The minimum atomic E-state index is -0.121. The quantitative estimate of drug-likeness (QED) is 0.870. The first kappa shape index (κ1) is 14.3. The zero-order chi connectivity index (χ0) is 15.5. The van der Waals surface area contributed by atoms with Crippen LogP contribution in [-0.2, 0) is 4.79 Å². The molecule has 0 aliphatic carbocycles. The Morgan fingerprint density at radius 3 is 2.50 bits per heavy atom. The van der Waals surface area contributed by atoms with Gasteiger partial charge in [0.1, 0.15) is 5.75 Å². The molecule has 1 atom stereocenters. The molecule has 2 aromatic carbocycles. The third kappa shape index (κ3) is 2.60. The molecule has 2 aromatic rings. The maximum Gasteiger partial charge on any atom is 0.240 e. The molecule has 0 fully saturated rings. The Kier molecular flexibility index (Phi) is 3.92. The number of methoxy groups -OCH3 is 1. The summed E-state index contributed by atoms with van der Waals surface area (Å²) in [6.45, 7) is 1.54. The number of amides is 1. The molecular formula is C18H18N2O2. The molecule has 1 amide bonds. The van der Waals surface area contributed by atoms with Gasteiger partial charge >= 0.3 is 0 Å². The van der Waals surface area contributed by atoms with Crippen molar-refractivity contribution in [2.75, 3.05) is 7.11 Å². The molecule has 112 valence electrons. The van der Waals surface area contributed by atoms with Gasteiger partial charge < -0.3 is 4.74 Å². The molecule has 1 aliphatic heterocycles. The van der Waals surface area contributed by atoms with Gasteiger partial charge in [-0.2, -0.15) is 5.10 Å². The van der Waals surface area contributed by atoms with Crippen LogP contribution in [0.25, 0.3) is 0 Å². The van der Waals surface area contributed by atoms with E-state index in [1.54, 1.807) is 19.0 Å². The molecule has 0 N–H and O–H groups in total. The first-order chi connectivity index (χ1) is 10.7. The molecule has 0 saturated heterocycles. The Labute approximate surface area is 130 Å². The molecular weight excluding hydrogens is 276 g/mol. The monoisotopic (exact) mass is 294 g/mol. The fourth-order valence-electron chi connectivity index (χ4n) is 2.79. The fourth-order valence-corrected chi connectivity index (χ4v) is 2.79. The van der Waals surface area contributed by atoms with Crippen LogP contribution in [-0.4, -0.2) is 23.7 Å². The van der Waals surface area contributed by atoms with Crippen LogP contribution in [0.1, 0.15) is 30.5 Å². The Hall–Kier alpha value is -2.62. The van der Waals surface area contributed by atoms with Crippen molar-refractivity contribution in [2.24, 2.45) is 5.10 Å². The normalized spacial score (nSPS) is 17.3. The van der Waals surface area contributed by atoms with Crippen LogP contribution >= 0.6 is 0 Å². The molecule has 0 unspecified atom stereocenters. The second kappa shape index (κ2) is 6.02. The third-order valence-corrected chi connectivity index (χ3v) is 3.84. The van der Waals surface area contributed by atoms with Crippen LogP contribution in [0.3, 0.4) is 0 Å². The lowest BCUT2D eigenvalue weighted by molar-refractivity contribution is -0.130. The molecule has 4 heteroatoms. The van der Waals surface area contributed by atoms with Gasteiger partial charge in [-0.05, 0) is 11.6 Å². The van der Waals surface area contributed by atoms with Gasteiger partial charge in [-0.3, -0.25) is 4.79 Å². The summed E-state index contributed by atoms with van der Waals surface area (Å²) in [5.74, 6) is 0.713. The van der Waals surface area contributed by atoms with E-state index in [1.807, 2.05) is 54.6 Å². The third-order valence-electron chi connectivity index (χ3n) is 3.84. The fraction of sp³-hybridized carbons (Fsp3) is 0.222. The molecule has 0 aromatic heterocycles. The zero-order valence-electron chi connectivity index (χ0n) is 12.7. The van der Waals surface area contributed by atoms with Crippen LogP contribution in [0, 0.1) is 0 Å². The highest BCUT2D eigenvalue weighted by Crippen LogP contribution is 2.37. The van der Waals surface area contributed by atoms with Gasteiger partial charge in [0.25, 0.3) is 0 Å². The average molecular weight is 294 g/mol. The number of hydrogen-bond acceptors (Lipinski definition) is 3. The standard InChI is InChI=1S/C18H18N2O2/c1-13(21)20-17(15-10-6-7-11-18(15)22-2)12-16(19-20)14-8-4-3-5-9-14/h3-11,17H,12H2,1-2H3/t17-/m0/s1. The summed E-state index contributed by atoms with van der Waals surface area (Å²) in [6, 6.07) is 17.6. The van der Waals surface area contributed by atoms with Gasteiger partial charge in [0.2, 0.25) is 5.91 Å². The number of benzene rings is 2. The van der Waals surface area contributed by atoms with Crippen LogP contribution < -0.4 is 4.74 Å². The molecule has 22 heavy (non-hydrogen) atoms. The number of hydrazone groups is 1. The van der Waals surface area contributed by atoms with Gasteiger partial charge in [-0.25, -0.2) is 5.01 Å². The number of hydrogen-bond donors (Lipinski definition) is 0. The number of ether oxygens (including phenoxy) is 1. The van der Waals surface area contributed by atoms with Crippen molar-refractivity contribution >= 4 is 11.6 Å². The number of rotatable bonds is 3. The van der Waals surface area contributed by atoms with E-state index in [9.17, 15) is 4.79 Å². The van der Waals surface area contributed by atoms with E-state index in [4.69, 9.17) is 4.74 Å². The summed E-state index contributed by atoms with van der Waals surface area (Å²) in [4.78, 5) is 12.0. The smallest absolute Gasteiger partial charge is 0.240 e. The molecule has 3 rings (SSSR count). The first-order valence-corrected chi connectivity index (χ1v) is 7.26. The van der Waals surface area contributed by atoms with Crippen molar-refractivity contribution < 1.29 is 9.53 Å². The second-order valence-corrected chi connectivity index (χ2v) is 5.24. The summed E-state index contributed by atoms with van der Waals surface area (Å²) >= 11 is 0. The van der Waals surface area contributed by atoms with Gasteiger partial charge in [0.05, 0.1) is 18.9 Å². The summed E-state index contributed by atoms with van der Waals surface area (Å²) in [6.07, 6.45) is 0.684. The topological polar surface area (TPSA) is 41.9 Å². The van der Waals surface area contributed by atoms with Crippen molar-refractivity contribution in [3.8, 4) is 5.75 Å². The highest BCUT2D eigenvalue weighted by Gasteiger charge is 2.32. The molecule has 1 heterocycles. The van der Waals surface area contributed by atoms with Gasteiger partial charge in [-0.15, -0.1) is 0 Å². The van der Waals surface area contributed by atoms with Crippen LogP contribution in [0.4, 0.5) is 0 Å². The van der Waals surface area contributed by atoms with E-state index in [0.717, 1.165) is 22.6 Å². The van der Waals surface area contributed by atoms with E-state index < -0.39 is 0 Å². The van der Waals surface area contributed by atoms with E-state index in [0.29, 0.717) is 6.42 Å². The lowest BCUT2D eigenvalue weighted by atomic mass is 9.98. The van der Waals surface area contributed by atoms with Crippen LogP contribution in [0.2, 0.25) is 0 Å². The molecule has 0 saturated carbocycles. The lowest BCUT2D eigenvalue weighted by Gasteiger charge is -2.22. The molecule has 0 radical (unpaired) electrons. The largest absolute Gasteiger partial charge is 0.496 e. The number of para-hydroxylation sites is 1. The minimum absolute atomic E-state index is 0.0677. The molecule has 0 spiro atoms. The van der Waals surface area contributed by atoms with Crippen molar-refractivity contribution in [1.82, 2.24) is 5.01 Å². The van der Waals surface area contributed by atoms with Crippen molar-refractivity contribution in [3.05, 3.63) is 65.7 Å². The van der Waals surface area contributed by atoms with E-state index in [1.165, 1.54) is 0 Å². The van der Waals surface area contributed by atoms with Crippen molar-refractivity contribution in [3.63, 3.8) is 0 Å². The lowest BCUT2D eigenvalue weighted by Crippen LogP contribution is -2.24. The van der Waals surface area contributed by atoms with E-state index >= 15 is 0 Å². The average Bonchev–Trinajstić information content (AvgIpc) is 3.01. The predicted octanol–water partition coefficient (Wildman–Crippen LogP) is 3.39. The SMILES string of the molecule is COc1ccccc1[C@@H]1CC(c2ccccc2)=NN1C(C)=O.